The third-order valence-electron chi connectivity index (χ3n) is 5.91. The molecule has 2 aromatic rings. The molecule has 0 radical (unpaired) electrons. The number of hydrogen-bond donors (Lipinski definition) is 3. The number of aliphatic imine (C=N–C) groups is 1. The van der Waals surface area contributed by atoms with Crippen LogP contribution in [0, 0.1) is 13.8 Å². The van der Waals surface area contributed by atoms with Crippen LogP contribution in [0.5, 0.6) is 5.75 Å². The van der Waals surface area contributed by atoms with Gasteiger partial charge in [0.05, 0.1) is 16.8 Å². The van der Waals surface area contributed by atoms with Crippen molar-refractivity contribution in [3.05, 3.63) is 76.6 Å². The Labute approximate surface area is 209 Å². The lowest BCUT2D eigenvalue weighted by atomic mass is 9.87. The Bertz CT molecular complexity index is 1070. The van der Waals surface area contributed by atoms with E-state index >= 15 is 0 Å². The smallest absolute Gasteiger partial charge is 0.151 e. The number of benzene rings is 2. The number of aryl methyl sites for hydroxylation is 2. The van der Waals surface area contributed by atoms with E-state index in [1.54, 1.807) is 0 Å². The minimum atomic E-state index is 0.0525. The zero-order valence-corrected chi connectivity index (χ0v) is 21.7. The van der Waals surface area contributed by atoms with Crippen molar-refractivity contribution in [3.63, 3.8) is 0 Å². The van der Waals surface area contributed by atoms with Crippen LogP contribution >= 0.6 is 11.6 Å². The van der Waals surface area contributed by atoms with Gasteiger partial charge in [-0.1, -0.05) is 42.5 Å². The summed E-state index contributed by atoms with van der Waals surface area (Å²) in [6.07, 6.45) is 4.14. The molecule has 1 aliphatic heterocycles. The van der Waals surface area contributed by atoms with Crippen LogP contribution in [0.25, 0.3) is 0 Å². The van der Waals surface area contributed by atoms with Crippen LogP contribution in [0.4, 0.5) is 11.4 Å². The van der Waals surface area contributed by atoms with Crippen LogP contribution in [0.1, 0.15) is 56.2 Å². The molecule has 5 nitrogen and oxygen atoms in total. The normalized spacial score (nSPS) is 15.4. The van der Waals surface area contributed by atoms with Gasteiger partial charge in [0, 0.05) is 5.69 Å². The molecule has 1 aliphatic rings. The minimum Gasteiger partial charge on any atom is -0.489 e. The lowest BCUT2D eigenvalue weighted by Gasteiger charge is -2.26. The highest BCUT2D eigenvalue weighted by atomic mass is 35.5. The Kier molecular flexibility index (Phi) is 9.20. The number of hydrogen-bond acceptors (Lipinski definition) is 4. The predicted molar refractivity (Wildman–Crippen MR) is 146 cm³/mol. The molecule has 34 heavy (non-hydrogen) atoms. The van der Waals surface area contributed by atoms with E-state index < -0.39 is 0 Å². The number of nitrogens with zero attached hydrogens (tertiary/aromatic N) is 1. The summed E-state index contributed by atoms with van der Waals surface area (Å²) in [6, 6.07) is 12.3. The van der Waals surface area contributed by atoms with E-state index in [1.807, 2.05) is 58.0 Å². The molecule has 6 heteroatoms. The second kappa shape index (κ2) is 12.1. The quantitative estimate of drug-likeness (QED) is 0.278. The van der Waals surface area contributed by atoms with Gasteiger partial charge in [0.25, 0.3) is 0 Å². The van der Waals surface area contributed by atoms with Gasteiger partial charge < -0.3 is 20.7 Å². The standard InChI is InChI=1S/C28H37ClN4O/c1-7-24(29)28(33-25-11-9-8-10-19(25)4)32-21(6)31-26-16-20(5)23(17-27(26)34-18(2)3)22-12-14-30-15-13-22/h7-11,16-18,22,30-31H,6,12-15H2,1-5H3,(H,32,33)/b24-7+. The van der Waals surface area contributed by atoms with Gasteiger partial charge in [-0.25, -0.2) is 4.99 Å². The number of para-hydroxylation sites is 1. The van der Waals surface area contributed by atoms with E-state index in [4.69, 9.17) is 16.3 Å². The molecule has 0 atom stereocenters. The maximum atomic E-state index is 6.48. The Morgan fingerprint density at radius 1 is 1.12 bits per heavy atom. The molecule has 0 spiro atoms. The third kappa shape index (κ3) is 6.87. The van der Waals surface area contributed by atoms with Crippen LogP contribution in [-0.4, -0.2) is 25.0 Å². The zero-order chi connectivity index (χ0) is 24.7. The van der Waals surface area contributed by atoms with Crippen LogP contribution < -0.4 is 20.7 Å². The first kappa shape index (κ1) is 25.9. The van der Waals surface area contributed by atoms with Crippen molar-refractivity contribution in [1.82, 2.24) is 5.32 Å². The minimum absolute atomic E-state index is 0.0525. The Hall–Kier alpha value is -2.76. The molecular formula is C28H37ClN4O. The number of anilines is 2. The first-order chi connectivity index (χ1) is 16.3. The van der Waals surface area contributed by atoms with E-state index in [0.29, 0.717) is 22.6 Å². The number of ether oxygens (including phenoxy) is 1. The fraction of sp³-hybridized carbons (Fsp3) is 0.393. The molecule has 182 valence electrons. The van der Waals surface area contributed by atoms with E-state index in [9.17, 15) is 0 Å². The molecule has 0 aliphatic carbocycles. The van der Waals surface area contributed by atoms with E-state index in [0.717, 1.165) is 48.6 Å². The van der Waals surface area contributed by atoms with Gasteiger partial charge in [-0.15, -0.1) is 0 Å². The number of halogens is 1. The molecule has 0 unspecified atom stereocenters. The molecule has 3 rings (SSSR count). The van der Waals surface area contributed by atoms with E-state index in [-0.39, 0.29) is 6.10 Å². The third-order valence-corrected chi connectivity index (χ3v) is 6.31. The van der Waals surface area contributed by atoms with E-state index in [2.05, 4.69) is 46.6 Å². The second-order valence-electron chi connectivity index (χ2n) is 9.00. The lowest BCUT2D eigenvalue weighted by molar-refractivity contribution is 0.243. The lowest BCUT2D eigenvalue weighted by Crippen LogP contribution is -2.27. The van der Waals surface area contributed by atoms with Gasteiger partial charge in [0.2, 0.25) is 0 Å². The van der Waals surface area contributed by atoms with Crippen molar-refractivity contribution in [2.45, 2.75) is 59.5 Å². The highest BCUT2D eigenvalue weighted by Crippen LogP contribution is 2.36. The second-order valence-corrected chi connectivity index (χ2v) is 9.41. The highest BCUT2D eigenvalue weighted by Gasteiger charge is 2.20. The first-order valence-electron chi connectivity index (χ1n) is 12.0. The maximum Gasteiger partial charge on any atom is 0.151 e. The highest BCUT2D eigenvalue weighted by molar-refractivity contribution is 6.45. The van der Waals surface area contributed by atoms with Crippen molar-refractivity contribution in [3.8, 4) is 5.75 Å². The molecule has 0 saturated carbocycles. The Morgan fingerprint density at radius 2 is 1.82 bits per heavy atom. The SMILES string of the molecule is C=C(/N=C(Nc1ccccc1C)\C(Cl)=C/C)Nc1cc(C)c(C2CCNCC2)cc1OC(C)C. The topological polar surface area (TPSA) is 57.7 Å². The molecule has 3 N–H and O–H groups in total. The largest absolute Gasteiger partial charge is 0.489 e. The molecule has 0 amide bonds. The van der Waals surface area contributed by atoms with Crippen LogP contribution in [0.2, 0.25) is 0 Å². The first-order valence-corrected chi connectivity index (χ1v) is 12.4. The van der Waals surface area contributed by atoms with Gasteiger partial charge in [0.1, 0.15) is 11.6 Å². The summed E-state index contributed by atoms with van der Waals surface area (Å²) in [5.74, 6) is 2.37. The number of nitrogens with one attached hydrogen (secondary N) is 3. The number of piperidine rings is 1. The number of allylic oxidation sites excluding steroid dienone is 1. The molecular weight excluding hydrogens is 444 g/mol. The molecule has 0 aromatic heterocycles. The van der Waals surface area contributed by atoms with Crippen molar-refractivity contribution in [1.29, 1.82) is 0 Å². The monoisotopic (exact) mass is 480 g/mol. The average Bonchev–Trinajstić information content (AvgIpc) is 2.81. The van der Waals surface area contributed by atoms with Crippen molar-refractivity contribution in [2.24, 2.45) is 4.99 Å². The zero-order valence-electron chi connectivity index (χ0n) is 21.0. The van der Waals surface area contributed by atoms with Gasteiger partial charge in [0.15, 0.2) is 5.84 Å². The van der Waals surface area contributed by atoms with Gasteiger partial charge >= 0.3 is 0 Å². The molecule has 1 fully saturated rings. The summed E-state index contributed by atoms with van der Waals surface area (Å²) in [6.45, 7) is 16.4. The summed E-state index contributed by atoms with van der Waals surface area (Å²) in [5.41, 5.74) is 5.50. The van der Waals surface area contributed by atoms with Gasteiger partial charge in [-0.2, -0.15) is 0 Å². The van der Waals surface area contributed by atoms with Crippen LogP contribution in [0.3, 0.4) is 0 Å². The van der Waals surface area contributed by atoms with Crippen LogP contribution in [-0.2, 0) is 0 Å². The summed E-state index contributed by atoms with van der Waals surface area (Å²) in [4.78, 5) is 4.68. The fourth-order valence-electron chi connectivity index (χ4n) is 4.16. The van der Waals surface area contributed by atoms with Gasteiger partial charge in [-0.05, 0) is 101 Å². The average molecular weight is 481 g/mol. The maximum absolute atomic E-state index is 6.48. The predicted octanol–water partition coefficient (Wildman–Crippen LogP) is 7.09. The number of rotatable bonds is 8. The van der Waals surface area contributed by atoms with Crippen LogP contribution in [0.15, 0.2) is 64.9 Å². The number of amidine groups is 1. The Morgan fingerprint density at radius 3 is 2.47 bits per heavy atom. The van der Waals surface area contributed by atoms with Crippen molar-refractivity contribution >= 4 is 28.8 Å². The van der Waals surface area contributed by atoms with Crippen molar-refractivity contribution < 1.29 is 4.74 Å². The molecule has 2 aromatic carbocycles. The Balaban J connectivity index is 1.89. The molecule has 1 saturated heterocycles. The molecule has 0 bridgehead atoms. The summed E-state index contributed by atoms with van der Waals surface area (Å²) in [7, 11) is 0. The summed E-state index contributed by atoms with van der Waals surface area (Å²) < 4.78 is 6.20. The molecule has 1 heterocycles. The summed E-state index contributed by atoms with van der Waals surface area (Å²) in [5, 5.41) is 10.7. The van der Waals surface area contributed by atoms with E-state index in [1.165, 1.54) is 11.1 Å². The van der Waals surface area contributed by atoms with Gasteiger partial charge in [-0.3, -0.25) is 0 Å². The fourth-order valence-corrected chi connectivity index (χ4v) is 4.25. The van der Waals surface area contributed by atoms with Crippen molar-refractivity contribution in [2.75, 3.05) is 23.7 Å². The summed E-state index contributed by atoms with van der Waals surface area (Å²) >= 11 is 6.48.